The zero-order valence-electron chi connectivity index (χ0n) is 18.2. The van der Waals surface area contributed by atoms with Gasteiger partial charge in [0.2, 0.25) is 5.82 Å². The summed E-state index contributed by atoms with van der Waals surface area (Å²) in [6.45, 7) is 5.95. The number of hydrogen-bond donors (Lipinski definition) is 2. The van der Waals surface area contributed by atoms with Gasteiger partial charge in [0.15, 0.2) is 0 Å². The van der Waals surface area contributed by atoms with Crippen molar-refractivity contribution in [1.82, 2.24) is 10.1 Å². The van der Waals surface area contributed by atoms with Gasteiger partial charge in [-0.25, -0.2) is 0 Å². The molecule has 0 aliphatic rings. The third-order valence-electron chi connectivity index (χ3n) is 5.58. The molecule has 2 heterocycles. The Balaban J connectivity index is 1.72. The Morgan fingerprint density at radius 1 is 1.22 bits per heavy atom. The number of aryl methyl sites for hydroxylation is 1. The summed E-state index contributed by atoms with van der Waals surface area (Å²) in [4.78, 5) is 4.53. The molecule has 32 heavy (non-hydrogen) atoms. The Labute approximate surface area is 185 Å². The number of nitrogens with two attached hydrogens (primary N) is 1. The maximum absolute atomic E-state index is 9.70. The van der Waals surface area contributed by atoms with Crippen LogP contribution in [-0.2, 0) is 5.54 Å². The maximum Gasteiger partial charge on any atom is 0.258 e. The summed E-state index contributed by atoms with van der Waals surface area (Å²) in [5, 5.41) is 24.1. The van der Waals surface area contributed by atoms with Gasteiger partial charge in [0.1, 0.15) is 23.2 Å². The highest BCUT2D eigenvalue weighted by Crippen LogP contribution is 2.34. The van der Waals surface area contributed by atoms with Crippen LogP contribution in [0.3, 0.4) is 0 Å². The van der Waals surface area contributed by atoms with E-state index in [1.807, 2.05) is 39.0 Å². The van der Waals surface area contributed by atoms with E-state index >= 15 is 0 Å². The summed E-state index contributed by atoms with van der Waals surface area (Å²) in [6.07, 6.45) is 0.538. The van der Waals surface area contributed by atoms with Gasteiger partial charge in [0, 0.05) is 16.5 Å². The minimum absolute atomic E-state index is 0.212. The molecule has 0 saturated heterocycles. The van der Waals surface area contributed by atoms with Crippen LogP contribution in [0, 0.1) is 18.3 Å². The minimum atomic E-state index is -0.932. The van der Waals surface area contributed by atoms with Gasteiger partial charge in [-0.1, -0.05) is 12.1 Å². The second kappa shape index (κ2) is 8.46. The van der Waals surface area contributed by atoms with Crippen molar-refractivity contribution in [1.29, 1.82) is 5.26 Å². The van der Waals surface area contributed by atoms with Crippen LogP contribution in [0.1, 0.15) is 37.2 Å². The van der Waals surface area contributed by atoms with Crippen molar-refractivity contribution in [3.8, 4) is 34.7 Å². The number of aliphatic hydroxyl groups is 1. The predicted octanol–water partition coefficient (Wildman–Crippen LogP) is 4.28. The zero-order valence-corrected chi connectivity index (χ0v) is 18.2. The number of aromatic nitrogens is 2. The second-order valence-electron chi connectivity index (χ2n) is 7.66. The molecule has 4 rings (SSSR count). The van der Waals surface area contributed by atoms with Crippen molar-refractivity contribution in [2.24, 2.45) is 5.73 Å². The molecular formula is C24H24N4O4. The highest BCUT2D eigenvalue weighted by molar-refractivity contribution is 5.85. The first-order valence-electron chi connectivity index (χ1n) is 10.4. The van der Waals surface area contributed by atoms with Crippen molar-refractivity contribution in [2.75, 3.05) is 13.2 Å². The zero-order chi connectivity index (χ0) is 22.9. The molecule has 4 aromatic rings. The lowest BCUT2D eigenvalue weighted by molar-refractivity contribution is 0.172. The fourth-order valence-electron chi connectivity index (χ4n) is 3.52. The molecule has 8 nitrogen and oxygen atoms in total. The summed E-state index contributed by atoms with van der Waals surface area (Å²) in [7, 11) is 0. The lowest BCUT2D eigenvalue weighted by Gasteiger charge is -2.22. The third-order valence-corrected chi connectivity index (χ3v) is 5.58. The molecule has 1 atom stereocenters. The van der Waals surface area contributed by atoms with E-state index in [-0.39, 0.29) is 6.61 Å². The van der Waals surface area contributed by atoms with Crippen LogP contribution in [0.5, 0.6) is 5.75 Å². The molecule has 0 bridgehead atoms. The molecule has 0 aliphatic carbocycles. The molecule has 2 aromatic carbocycles. The van der Waals surface area contributed by atoms with E-state index in [1.54, 1.807) is 18.2 Å². The van der Waals surface area contributed by atoms with E-state index in [1.165, 1.54) is 0 Å². The normalized spacial score (nSPS) is 13.1. The van der Waals surface area contributed by atoms with Crippen LogP contribution in [0.2, 0.25) is 0 Å². The standard InChI is InChI=1S/C24H24N4O4/c1-4-24(26,13-29)21-11-16-10-18(14(3)8-20(16)31-21)22-27-23(32-28-22)15-6-7-19(30-5-2)17(9-15)12-25/h6-11,29H,4-5,13,26H2,1-3H3. The van der Waals surface area contributed by atoms with Crippen molar-refractivity contribution >= 4 is 11.0 Å². The van der Waals surface area contributed by atoms with Crippen molar-refractivity contribution in [3.63, 3.8) is 0 Å². The van der Waals surface area contributed by atoms with Gasteiger partial charge in [0.25, 0.3) is 5.89 Å². The lowest BCUT2D eigenvalue weighted by Crippen LogP contribution is -2.39. The largest absolute Gasteiger partial charge is 0.492 e. The summed E-state index contributed by atoms with van der Waals surface area (Å²) < 4.78 is 16.9. The smallest absolute Gasteiger partial charge is 0.258 e. The number of rotatable bonds is 7. The summed E-state index contributed by atoms with van der Waals surface area (Å²) >= 11 is 0. The van der Waals surface area contributed by atoms with Crippen LogP contribution >= 0.6 is 0 Å². The van der Waals surface area contributed by atoms with Crippen molar-refractivity contribution in [2.45, 2.75) is 32.7 Å². The Morgan fingerprint density at radius 3 is 2.72 bits per heavy atom. The third kappa shape index (κ3) is 3.73. The first kappa shape index (κ1) is 21.6. The molecule has 164 valence electrons. The van der Waals surface area contributed by atoms with Crippen molar-refractivity contribution < 1.29 is 18.8 Å². The van der Waals surface area contributed by atoms with E-state index in [4.69, 9.17) is 19.4 Å². The van der Waals surface area contributed by atoms with E-state index in [2.05, 4.69) is 16.2 Å². The number of nitrogens with zero attached hydrogens (tertiary/aromatic N) is 3. The topological polar surface area (TPSA) is 131 Å². The van der Waals surface area contributed by atoms with Gasteiger partial charge in [-0.05, 0) is 62.2 Å². The Morgan fingerprint density at radius 2 is 2.03 bits per heavy atom. The summed E-state index contributed by atoms with van der Waals surface area (Å²) in [5.41, 5.74) is 8.74. The monoisotopic (exact) mass is 432 g/mol. The molecule has 0 spiro atoms. The van der Waals surface area contributed by atoms with Crippen LogP contribution in [0.15, 0.2) is 45.3 Å². The summed E-state index contributed by atoms with van der Waals surface area (Å²) in [6, 6.07) is 12.9. The molecule has 0 saturated carbocycles. The van der Waals surface area contributed by atoms with Gasteiger partial charge < -0.3 is 24.5 Å². The highest BCUT2D eigenvalue weighted by Gasteiger charge is 2.29. The van der Waals surface area contributed by atoms with Crippen molar-refractivity contribution in [3.05, 3.63) is 53.3 Å². The minimum Gasteiger partial charge on any atom is -0.492 e. The number of aliphatic hydroxyl groups excluding tert-OH is 1. The number of benzene rings is 2. The van der Waals surface area contributed by atoms with Gasteiger partial charge in [0.05, 0.1) is 24.3 Å². The van der Waals surface area contributed by atoms with E-state index in [0.29, 0.717) is 53.0 Å². The first-order chi connectivity index (χ1) is 15.4. The SMILES string of the molecule is CCOc1ccc(-c2nc(-c3cc4cc(C(N)(CC)CO)oc4cc3C)no2)cc1C#N. The molecule has 3 N–H and O–H groups in total. The number of hydrogen-bond acceptors (Lipinski definition) is 8. The molecule has 0 amide bonds. The molecule has 8 heteroatoms. The van der Waals surface area contributed by atoms with Crippen LogP contribution in [-0.4, -0.2) is 28.5 Å². The molecule has 2 aromatic heterocycles. The molecular weight excluding hydrogens is 408 g/mol. The van der Waals surface area contributed by atoms with Gasteiger partial charge in [-0.15, -0.1) is 0 Å². The number of furan rings is 1. The van der Waals surface area contributed by atoms with E-state index in [9.17, 15) is 10.4 Å². The van der Waals surface area contributed by atoms with Gasteiger partial charge >= 0.3 is 0 Å². The molecule has 0 fully saturated rings. The number of fused-ring (bicyclic) bond motifs is 1. The molecule has 0 radical (unpaired) electrons. The lowest BCUT2D eigenvalue weighted by atomic mass is 9.95. The average Bonchev–Trinajstić information content (AvgIpc) is 3.45. The van der Waals surface area contributed by atoms with Crippen LogP contribution in [0.4, 0.5) is 0 Å². The number of ether oxygens (including phenoxy) is 1. The second-order valence-corrected chi connectivity index (χ2v) is 7.66. The predicted molar refractivity (Wildman–Crippen MR) is 119 cm³/mol. The summed E-state index contributed by atoms with van der Waals surface area (Å²) in [5.74, 6) is 1.77. The van der Waals surface area contributed by atoms with E-state index in [0.717, 1.165) is 16.5 Å². The molecule has 0 aliphatic heterocycles. The quantitative estimate of drug-likeness (QED) is 0.442. The average molecular weight is 432 g/mol. The Kier molecular flexibility index (Phi) is 5.70. The van der Waals surface area contributed by atoms with Gasteiger partial charge in [-0.2, -0.15) is 10.2 Å². The number of nitriles is 1. The fraction of sp³-hybridized carbons (Fsp3) is 0.292. The first-order valence-corrected chi connectivity index (χ1v) is 10.4. The Hall–Kier alpha value is -3.67. The van der Waals surface area contributed by atoms with Crippen LogP contribution in [0.25, 0.3) is 33.8 Å². The van der Waals surface area contributed by atoms with Gasteiger partial charge in [-0.3, -0.25) is 0 Å². The van der Waals surface area contributed by atoms with Crippen LogP contribution < -0.4 is 10.5 Å². The van der Waals surface area contributed by atoms with E-state index < -0.39 is 5.54 Å². The molecule has 1 unspecified atom stereocenters. The maximum atomic E-state index is 9.70. The highest BCUT2D eigenvalue weighted by atomic mass is 16.5. The fourth-order valence-corrected chi connectivity index (χ4v) is 3.52. The Bertz CT molecular complexity index is 1310.